The van der Waals surface area contributed by atoms with Crippen molar-refractivity contribution in [3.05, 3.63) is 23.7 Å². The molecule has 2 atom stereocenters. The lowest BCUT2D eigenvalue weighted by atomic mass is 9.95. The van der Waals surface area contributed by atoms with Crippen LogP contribution in [0, 0.1) is 12.8 Å². The first-order valence-electron chi connectivity index (χ1n) is 4.69. The van der Waals surface area contributed by atoms with E-state index in [9.17, 15) is 0 Å². The molecule has 0 saturated carbocycles. The van der Waals surface area contributed by atoms with E-state index in [1.165, 1.54) is 0 Å². The normalized spacial score (nSPS) is 28.2. The second kappa shape index (κ2) is 3.52. The Morgan fingerprint density at radius 2 is 2.38 bits per heavy atom. The van der Waals surface area contributed by atoms with Gasteiger partial charge in [0.15, 0.2) is 0 Å². The molecule has 1 aromatic heterocycles. The maximum absolute atomic E-state index is 9.12. The Labute approximate surface area is 77.8 Å². The van der Waals surface area contributed by atoms with Gasteiger partial charge in [0.05, 0.1) is 0 Å². The number of aryl methyl sites for hydroxylation is 1. The fourth-order valence-electron chi connectivity index (χ4n) is 1.91. The van der Waals surface area contributed by atoms with Crippen molar-refractivity contribution < 1.29 is 9.52 Å². The molecule has 72 valence electrons. The lowest BCUT2D eigenvalue weighted by Gasteiger charge is -2.12. The highest BCUT2D eigenvalue weighted by Crippen LogP contribution is 2.28. The van der Waals surface area contributed by atoms with Gasteiger partial charge in [-0.15, -0.1) is 0 Å². The molecule has 2 rings (SSSR count). The zero-order valence-electron chi connectivity index (χ0n) is 7.79. The maximum Gasteiger partial charge on any atom is 0.108 e. The molecule has 2 N–H and O–H groups in total. The first-order valence-corrected chi connectivity index (χ1v) is 4.69. The van der Waals surface area contributed by atoms with Crippen LogP contribution in [-0.4, -0.2) is 24.8 Å². The van der Waals surface area contributed by atoms with Crippen molar-refractivity contribution in [2.24, 2.45) is 5.92 Å². The van der Waals surface area contributed by atoms with E-state index >= 15 is 0 Å². The molecule has 3 heteroatoms. The van der Waals surface area contributed by atoms with Crippen LogP contribution in [0.1, 0.15) is 17.4 Å². The number of aliphatic hydroxyl groups excluding tert-OH is 1. The molecule has 1 aliphatic rings. The van der Waals surface area contributed by atoms with Gasteiger partial charge >= 0.3 is 0 Å². The number of aliphatic hydroxyl groups is 1. The van der Waals surface area contributed by atoms with Gasteiger partial charge in [0.2, 0.25) is 0 Å². The van der Waals surface area contributed by atoms with Crippen LogP contribution in [-0.2, 0) is 0 Å². The van der Waals surface area contributed by atoms with E-state index in [4.69, 9.17) is 9.52 Å². The minimum atomic E-state index is 0.234. The molecular formula is C10H15NO2. The third kappa shape index (κ3) is 1.62. The lowest BCUT2D eigenvalue weighted by Crippen LogP contribution is -2.14. The summed E-state index contributed by atoms with van der Waals surface area (Å²) < 4.78 is 5.55. The number of nitrogens with one attached hydrogen (secondary N) is 1. The van der Waals surface area contributed by atoms with Gasteiger partial charge in [-0.25, -0.2) is 0 Å². The van der Waals surface area contributed by atoms with Crippen LogP contribution < -0.4 is 5.32 Å². The van der Waals surface area contributed by atoms with Crippen LogP contribution in [0.25, 0.3) is 0 Å². The summed E-state index contributed by atoms with van der Waals surface area (Å²) in [6.07, 6.45) is 0. The van der Waals surface area contributed by atoms with Crippen LogP contribution in [0.3, 0.4) is 0 Å². The van der Waals surface area contributed by atoms with Crippen molar-refractivity contribution in [3.63, 3.8) is 0 Å². The van der Waals surface area contributed by atoms with E-state index in [1.54, 1.807) is 0 Å². The lowest BCUT2D eigenvalue weighted by molar-refractivity contribution is 0.218. The molecule has 1 aromatic rings. The molecule has 0 radical (unpaired) electrons. The molecule has 1 saturated heterocycles. The second-order valence-corrected chi connectivity index (χ2v) is 3.66. The predicted octanol–water partition coefficient (Wildman–Crippen LogP) is 0.883. The van der Waals surface area contributed by atoms with Crippen molar-refractivity contribution in [1.82, 2.24) is 5.32 Å². The molecule has 0 bridgehead atoms. The van der Waals surface area contributed by atoms with Gasteiger partial charge in [-0.2, -0.15) is 0 Å². The Hall–Kier alpha value is -0.800. The Kier molecular flexibility index (Phi) is 2.38. The van der Waals surface area contributed by atoms with Crippen molar-refractivity contribution in [3.8, 4) is 0 Å². The molecule has 1 aliphatic heterocycles. The van der Waals surface area contributed by atoms with Gasteiger partial charge in [0, 0.05) is 31.5 Å². The predicted molar refractivity (Wildman–Crippen MR) is 49.6 cm³/mol. The second-order valence-electron chi connectivity index (χ2n) is 3.66. The average Bonchev–Trinajstić information content (AvgIpc) is 2.71. The van der Waals surface area contributed by atoms with Crippen molar-refractivity contribution in [2.75, 3.05) is 19.7 Å². The molecule has 13 heavy (non-hydrogen) atoms. The van der Waals surface area contributed by atoms with Crippen molar-refractivity contribution in [1.29, 1.82) is 0 Å². The SMILES string of the molecule is Cc1ccc([C@@H]2CNC[C@@H]2CO)o1. The minimum Gasteiger partial charge on any atom is -0.466 e. The van der Waals surface area contributed by atoms with Crippen LogP contribution >= 0.6 is 0 Å². The Bertz CT molecular complexity index is 282. The average molecular weight is 181 g/mol. The summed E-state index contributed by atoms with van der Waals surface area (Å²) in [7, 11) is 0. The van der Waals surface area contributed by atoms with Gasteiger partial charge in [-0.05, 0) is 19.1 Å². The molecule has 1 fully saturated rings. The summed E-state index contributed by atoms with van der Waals surface area (Å²) in [4.78, 5) is 0. The quantitative estimate of drug-likeness (QED) is 0.712. The Balaban J connectivity index is 2.15. The van der Waals surface area contributed by atoms with Crippen LogP contribution in [0.15, 0.2) is 16.5 Å². The van der Waals surface area contributed by atoms with Crippen molar-refractivity contribution in [2.45, 2.75) is 12.8 Å². The third-order valence-electron chi connectivity index (χ3n) is 2.70. The number of rotatable bonds is 2. The summed E-state index contributed by atoms with van der Waals surface area (Å²) in [6.45, 7) is 3.98. The van der Waals surface area contributed by atoms with E-state index in [0.717, 1.165) is 24.6 Å². The van der Waals surface area contributed by atoms with Crippen LogP contribution in [0.5, 0.6) is 0 Å². The van der Waals surface area contributed by atoms with Gasteiger partial charge in [-0.1, -0.05) is 0 Å². The molecular weight excluding hydrogens is 166 g/mol. The fourth-order valence-corrected chi connectivity index (χ4v) is 1.91. The molecule has 0 unspecified atom stereocenters. The van der Waals surface area contributed by atoms with Crippen molar-refractivity contribution >= 4 is 0 Å². The summed E-state index contributed by atoms with van der Waals surface area (Å²) in [6, 6.07) is 3.98. The fraction of sp³-hybridized carbons (Fsp3) is 0.600. The zero-order chi connectivity index (χ0) is 9.26. The largest absolute Gasteiger partial charge is 0.466 e. The Morgan fingerprint density at radius 1 is 1.54 bits per heavy atom. The van der Waals surface area contributed by atoms with Gasteiger partial charge in [0.1, 0.15) is 11.5 Å². The first-order chi connectivity index (χ1) is 6.31. The summed E-state index contributed by atoms with van der Waals surface area (Å²) >= 11 is 0. The van der Waals surface area contributed by atoms with E-state index in [1.807, 2.05) is 19.1 Å². The van der Waals surface area contributed by atoms with Crippen LogP contribution in [0.2, 0.25) is 0 Å². The number of hydrogen-bond acceptors (Lipinski definition) is 3. The van der Waals surface area contributed by atoms with Gasteiger partial charge in [-0.3, -0.25) is 0 Å². The molecule has 0 aromatic carbocycles. The van der Waals surface area contributed by atoms with E-state index in [0.29, 0.717) is 11.8 Å². The maximum atomic E-state index is 9.12. The minimum absolute atomic E-state index is 0.234. The first kappa shape index (κ1) is 8.78. The van der Waals surface area contributed by atoms with E-state index < -0.39 is 0 Å². The highest BCUT2D eigenvalue weighted by molar-refractivity contribution is 5.13. The monoisotopic (exact) mass is 181 g/mol. The molecule has 0 amide bonds. The highest BCUT2D eigenvalue weighted by atomic mass is 16.3. The molecule has 0 spiro atoms. The summed E-state index contributed by atoms with van der Waals surface area (Å²) in [5.74, 6) is 2.60. The van der Waals surface area contributed by atoms with Gasteiger partial charge < -0.3 is 14.8 Å². The summed E-state index contributed by atoms with van der Waals surface area (Å²) in [5, 5.41) is 12.4. The number of furan rings is 1. The topological polar surface area (TPSA) is 45.4 Å². The van der Waals surface area contributed by atoms with Crippen LogP contribution in [0.4, 0.5) is 0 Å². The third-order valence-corrected chi connectivity index (χ3v) is 2.70. The zero-order valence-corrected chi connectivity index (χ0v) is 7.79. The highest BCUT2D eigenvalue weighted by Gasteiger charge is 2.29. The standard InChI is InChI=1S/C10H15NO2/c1-7-2-3-10(13-7)9-5-11-4-8(9)6-12/h2-3,8-9,11-12H,4-6H2,1H3/t8-,9-/m1/s1. The Morgan fingerprint density at radius 3 is 3.00 bits per heavy atom. The smallest absolute Gasteiger partial charge is 0.108 e. The summed E-state index contributed by atoms with van der Waals surface area (Å²) in [5.41, 5.74) is 0. The van der Waals surface area contributed by atoms with E-state index in [2.05, 4.69) is 5.32 Å². The molecule has 2 heterocycles. The number of hydrogen-bond donors (Lipinski definition) is 2. The van der Waals surface area contributed by atoms with E-state index in [-0.39, 0.29) is 6.61 Å². The molecule has 3 nitrogen and oxygen atoms in total. The molecule has 0 aliphatic carbocycles. The van der Waals surface area contributed by atoms with Gasteiger partial charge in [0.25, 0.3) is 0 Å².